The number of para-hydroxylation sites is 1. The molecule has 0 spiro atoms. The topological polar surface area (TPSA) is 68.3 Å². The lowest BCUT2D eigenvalue weighted by molar-refractivity contribution is 0.0735. The molecule has 2 aromatic heterocycles. The van der Waals surface area contributed by atoms with Crippen LogP contribution in [0.3, 0.4) is 0 Å². The molecule has 1 aliphatic heterocycles. The summed E-state index contributed by atoms with van der Waals surface area (Å²) >= 11 is 0. The molecule has 1 amide bonds. The summed E-state index contributed by atoms with van der Waals surface area (Å²) in [6.45, 7) is 11.0. The van der Waals surface area contributed by atoms with E-state index < -0.39 is 0 Å². The number of hydrogen-bond donors (Lipinski definition) is 0. The van der Waals surface area contributed by atoms with Crippen molar-refractivity contribution in [3.8, 4) is 0 Å². The molecular formula is C24H27N3O3. The standard InChI is InChI=1S/C24H27N3O3/c1-15-14-20(24(3,4)5)30-21(15)23(29)26-12-10-17(11-13-26)27-16(2)25-22(28)18-8-6-7-9-19(18)27/h6-10,14H,11-13H2,1-5H3. The third-order valence-corrected chi connectivity index (χ3v) is 5.57. The minimum Gasteiger partial charge on any atom is -0.455 e. The van der Waals surface area contributed by atoms with E-state index >= 15 is 0 Å². The Morgan fingerprint density at radius 3 is 2.53 bits per heavy atom. The van der Waals surface area contributed by atoms with Crippen molar-refractivity contribution in [1.29, 1.82) is 0 Å². The second-order valence-corrected chi connectivity index (χ2v) is 8.89. The van der Waals surface area contributed by atoms with Crippen LogP contribution in [0.25, 0.3) is 16.6 Å². The zero-order valence-corrected chi connectivity index (χ0v) is 18.2. The smallest absolute Gasteiger partial charge is 0.290 e. The fraction of sp³-hybridized carbons (Fsp3) is 0.375. The van der Waals surface area contributed by atoms with Crippen LogP contribution < -0.4 is 5.56 Å². The molecule has 3 heterocycles. The zero-order valence-electron chi connectivity index (χ0n) is 18.2. The highest BCUT2D eigenvalue weighted by Crippen LogP contribution is 2.29. The van der Waals surface area contributed by atoms with Gasteiger partial charge in [-0.15, -0.1) is 0 Å². The molecular weight excluding hydrogens is 378 g/mol. The maximum Gasteiger partial charge on any atom is 0.290 e. The maximum atomic E-state index is 13.1. The van der Waals surface area contributed by atoms with Crippen LogP contribution >= 0.6 is 0 Å². The van der Waals surface area contributed by atoms with Gasteiger partial charge in [-0.3, -0.25) is 9.59 Å². The van der Waals surface area contributed by atoms with Crippen LogP contribution in [0.5, 0.6) is 0 Å². The minimum atomic E-state index is -0.212. The number of hydrogen-bond acceptors (Lipinski definition) is 4. The summed E-state index contributed by atoms with van der Waals surface area (Å²) in [6, 6.07) is 9.46. The van der Waals surface area contributed by atoms with Crippen molar-refractivity contribution in [3.05, 3.63) is 69.7 Å². The molecule has 0 aliphatic carbocycles. The van der Waals surface area contributed by atoms with E-state index in [-0.39, 0.29) is 16.9 Å². The molecule has 1 aromatic carbocycles. The quantitative estimate of drug-likeness (QED) is 0.638. The third kappa shape index (κ3) is 3.47. The van der Waals surface area contributed by atoms with Crippen molar-refractivity contribution in [2.75, 3.05) is 13.1 Å². The van der Waals surface area contributed by atoms with Gasteiger partial charge in [-0.2, -0.15) is 4.98 Å². The third-order valence-electron chi connectivity index (χ3n) is 5.57. The van der Waals surface area contributed by atoms with Gasteiger partial charge in [0.1, 0.15) is 11.6 Å². The van der Waals surface area contributed by atoms with E-state index in [0.717, 1.165) is 22.5 Å². The first-order valence-corrected chi connectivity index (χ1v) is 10.2. The van der Waals surface area contributed by atoms with E-state index in [0.29, 0.717) is 36.5 Å². The molecule has 6 heteroatoms. The molecule has 0 atom stereocenters. The van der Waals surface area contributed by atoms with Crippen LogP contribution in [0.2, 0.25) is 0 Å². The fourth-order valence-corrected chi connectivity index (χ4v) is 3.90. The number of nitrogens with zero attached hydrogens (tertiary/aromatic N) is 3. The van der Waals surface area contributed by atoms with Crippen LogP contribution in [0, 0.1) is 13.8 Å². The maximum absolute atomic E-state index is 13.1. The van der Waals surface area contributed by atoms with Crippen LogP contribution in [0.4, 0.5) is 0 Å². The van der Waals surface area contributed by atoms with E-state index in [4.69, 9.17) is 4.42 Å². The van der Waals surface area contributed by atoms with Crippen molar-refractivity contribution < 1.29 is 9.21 Å². The Hall–Kier alpha value is -3.15. The number of fused-ring (bicyclic) bond motifs is 1. The van der Waals surface area contributed by atoms with E-state index in [9.17, 15) is 9.59 Å². The SMILES string of the molecule is Cc1cc(C(C)(C)C)oc1C(=O)N1CC=C(n2c(C)nc(=O)c3ccccc32)CC1. The van der Waals surface area contributed by atoms with Crippen LogP contribution in [0.15, 0.2) is 45.6 Å². The first-order chi connectivity index (χ1) is 14.2. The van der Waals surface area contributed by atoms with Crippen molar-refractivity contribution in [2.45, 2.75) is 46.5 Å². The van der Waals surface area contributed by atoms with E-state index in [1.807, 2.05) is 48.8 Å². The van der Waals surface area contributed by atoms with Crippen molar-refractivity contribution >= 4 is 22.5 Å². The Balaban J connectivity index is 1.63. The molecule has 0 saturated heterocycles. The number of amides is 1. The fourth-order valence-electron chi connectivity index (χ4n) is 3.90. The van der Waals surface area contributed by atoms with Crippen LogP contribution in [-0.4, -0.2) is 33.4 Å². The molecule has 0 N–H and O–H groups in total. The monoisotopic (exact) mass is 405 g/mol. The van der Waals surface area contributed by atoms with Gasteiger partial charge in [0.15, 0.2) is 5.76 Å². The van der Waals surface area contributed by atoms with Crippen molar-refractivity contribution in [2.24, 2.45) is 0 Å². The molecule has 0 fully saturated rings. The molecule has 156 valence electrons. The summed E-state index contributed by atoms with van der Waals surface area (Å²) in [7, 11) is 0. The normalized spacial score (nSPS) is 14.8. The van der Waals surface area contributed by atoms with Gasteiger partial charge in [0.25, 0.3) is 11.5 Å². The van der Waals surface area contributed by atoms with Crippen LogP contribution in [0.1, 0.15) is 54.9 Å². The van der Waals surface area contributed by atoms with Gasteiger partial charge in [0, 0.05) is 36.2 Å². The van der Waals surface area contributed by atoms with Gasteiger partial charge in [-0.1, -0.05) is 32.9 Å². The number of furan rings is 1. The average Bonchev–Trinajstić information content (AvgIpc) is 3.10. The van der Waals surface area contributed by atoms with Crippen molar-refractivity contribution in [3.63, 3.8) is 0 Å². The lowest BCUT2D eigenvalue weighted by Crippen LogP contribution is -2.35. The van der Waals surface area contributed by atoms with Gasteiger partial charge in [0.2, 0.25) is 0 Å². The molecule has 0 saturated carbocycles. The number of benzene rings is 1. The molecule has 30 heavy (non-hydrogen) atoms. The van der Waals surface area contributed by atoms with Gasteiger partial charge in [-0.05, 0) is 38.1 Å². The summed E-state index contributed by atoms with van der Waals surface area (Å²) in [6.07, 6.45) is 2.71. The predicted octanol–water partition coefficient (Wildman–Crippen LogP) is 4.29. The molecule has 1 aliphatic rings. The average molecular weight is 405 g/mol. The summed E-state index contributed by atoms with van der Waals surface area (Å²) in [5, 5.41) is 0.600. The Morgan fingerprint density at radius 2 is 1.90 bits per heavy atom. The Kier molecular flexibility index (Phi) is 4.88. The van der Waals surface area contributed by atoms with Crippen molar-refractivity contribution in [1.82, 2.24) is 14.5 Å². The van der Waals surface area contributed by atoms with E-state index in [1.54, 1.807) is 11.0 Å². The first-order valence-electron chi connectivity index (χ1n) is 10.2. The first kappa shape index (κ1) is 20.1. The van der Waals surface area contributed by atoms with Gasteiger partial charge >= 0.3 is 0 Å². The van der Waals surface area contributed by atoms with Gasteiger partial charge in [-0.25, -0.2) is 0 Å². The number of aromatic nitrogens is 2. The van der Waals surface area contributed by atoms with Crippen LogP contribution in [-0.2, 0) is 5.41 Å². The predicted molar refractivity (Wildman–Crippen MR) is 118 cm³/mol. The minimum absolute atomic E-state index is 0.0853. The molecule has 3 aromatic rings. The largest absolute Gasteiger partial charge is 0.455 e. The lowest BCUT2D eigenvalue weighted by Gasteiger charge is -2.28. The zero-order chi connectivity index (χ0) is 21.6. The summed E-state index contributed by atoms with van der Waals surface area (Å²) in [4.78, 5) is 31.3. The highest BCUT2D eigenvalue weighted by molar-refractivity contribution is 5.93. The van der Waals surface area contributed by atoms with Gasteiger partial charge < -0.3 is 13.9 Å². The van der Waals surface area contributed by atoms with E-state index in [2.05, 4.69) is 25.8 Å². The number of carbonyl (C=O) groups excluding carboxylic acids is 1. The Morgan fingerprint density at radius 1 is 1.17 bits per heavy atom. The molecule has 0 bridgehead atoms. The summed E-state index contributed by atoms with van der Waals surface area (Å²) in [5.74, 6) is 1.81. The highest BCUT2D eigenvalue weighted by atomic mass is 16.4. The molecule has 0 unspecified atom stereocenters. The summed E-state index contributed by atoms with van der Waals surface area (Å²) in [5.41, 5.74) is 2.40. The number of carbonyl (C=O) groups is 1. The molecule has 0 radical (unpaired) electrons. The second kappa shape index (κ2) is 7.27. The van der Waals surface area contributed by atoms with Gasteiger partial charge in [0.05, 0.1) is 10.9 Å². The molecule has 4 rings (SSSR count). The molecule has 6 nitrogen and oxygen atoms in total. The Bertz CT molecular complexity index is 1220. The number of aryl methyl sites for hydroxylation is 2. The second-order valence-electron chi connectivity index (χ2n) is 8.89. The summed E-state index contributed by atoms with van der Waals surface area (Å²) < 4.78 is 7.96. The Labute approximate surface area is 175 Å². The highest BCUT2D eigenvalue weighted by Gasteiger charge is 2.27. The van der Waals surface area contributed by atoms with E-state index in [1.165, 1.54) is 0 Å². The lowest BCUT2D eigenvalue weighted by atomic mass is 9.93. The number of rotatable bonds is 2.